The molecule has 86 valence electrons. The third-order valence-electron chi connectivity index (χ3n) is 3.90. The summed E-state index contributed by atoms with van der Waals surface area (Å²) in [5, 5.41) is 4.55. The Labute approximate surface area is 102 Å². The Balaban J connectivity index is 1.97. The van der Waals surface area contributed by atoms with Crippen molar-refractivity contribution in [2.75, 3.05) is 6.54 Å². The summed E-state index contributed by atoms with van der Waals surface area (Å²) in [5.41, 5.74) is 4.32. The molecule has 1 aromatic rings. The molecule has 2 heteroatoms. The van der Waals surface area contributed by atoms with Crippen LogP contribution in [0.25, 0.3) is 0 Å². The molecular weight excluding hydrogens is 218 g/mol. The number of halogens is 1. The molecule has 1 nitrogen and oxygen atoms in total. The van der Waals surface area contributed by atoms with E-state index in [0.717, 1.165) is 11.6 Å². The Morgan fingerprint density at radius 3 is 2.81 bits per heavy atom. The van der Waals surface area contributed by atoms with Gasteiger partial charge in [0.1, 0.15) is 0 Å². The van der Waals surface area contributed by atoms with Crippen molar-refractivity contribution in [3.63, 3.8) is 0 Å². The molecule has 1 unspecified atom stereocenters. The number of fused-ring (bicyclic) bond motifs is 1. The number of aryl methyl sites for hydroxylation is 1. The summed E-state index contributed by atoms with van der Waals surface area (Å²) in [5.74, 6) is 0. The second kappa shape index (κ2) is 4.38. The quantitative estimate of drug-likeness (QED) is 0.784. The summed E-state index contributed by atoms with van der Waals surface area (Å²) >= 11 is 6.40. The summed E-state index contributed by atoms with van der Waals surface area (Å²) in [6, 6.07) is 5.13. The van der Waals surface area contributed by atoms with Gasteiger partial charge in [0.05, 0.1) is 0 Å². The predicted molar refractivity (Wildman–Crippen MR) is 68.1 cm³/mol. The number of benzene rings is 1. The fraction of sp³-hybridized carbons (Fsp3) is 0.571. The van der Waals surface area contributed by atoms with Gasteiger partial charge in [-0.1, -0.05) is 17.7 Å². The number of rotatable bonds is 1. The van der Waals surface area contributed by atoms with E-state index in [1.54, 1.807) is 0 Å². The van der Waals surface area contributed by atoms with Crippen LogP contribution in [0.1, 0.15) is 48.4 Å². The lowest BCUT2D eigenvalue weighted by molar-refractivity contribution is 0.639. The van der Waals surface area contributed by atoms with E-state index in [1.807, 2.05) is 0 Å². The Bertz CT molecular complexity index is 394. The van der Waals surface area contributed by atoms with Crippen molar-refractivity contribution in [3.8, 4) is 0 Å². The van der Waals surface area contributed by atoms with Gasteiger partial charge in [-0.05, 0) is 67.8 Å². The van der Waals surface area contributed by atoms with Crippen LogP contribution in [0.2, 0.25) is 5.02 Å². The van der Waals surface area contributed by atoms with E-state index in [2.05, 4.69) is 17.4 Å². The average Bonchev–Trinajstić information content (AvgIpc) is 2.82. The van der Waals surface area contributed by atoms with Gasteiger partial charge in [-0.3, -0.25) is 0 Å². The summed E-state index contributed by atoms with van der Waals surface area (Å²) in [6.45, 7) is 1.15. The lowest BCUT2D eigenvalue weighted by atomic mass is 9.89. The van der Waals surface area contributed by atoms with Crippen LogP contribution < -0.4 is 5.32 Å². The SMILES string of the molecule is Clc1cc(C2CCCN2)cc2c1CCCC2. The molecule has 3 rings (SSSR count). The number of hydrogen-bond donors (Lipinski definition) is 1. The second-order valence-electron chi connectivity index (χ2n) is 5.00. The standard InChI is InChI=1S/C14H18ClN/c15-13-9-11(14-6-3-7-16-14)8-10-4-1-2-5-12(10)13/h8-9,14,16H,1-7H2. The average molecular weight is 236 g/mol. The van der Waals surface area contributed by atoms with Gasteiger partial charge in [-0.25, -0.2) is 0 Å². The topological polar surface area (TPSA) is 12.0 Å². The normalized spacial score (nSPS) is 24.4. The molecule has 0 aromatic heterocycles. The molecule has 1 aromatic carbocycles. The zero-order valence-corrected chi connectivity index (χ0v) is 10.3. The minimum atomic E-state index is 0.546. The van der Waals surface area contributed by atoms with Crippen LogP contribution in [-0.4, -0.2) is 6.54 Å². The van der Waals surface area contributed by atoms with E-state index in [9.17, 15) is 0 Å². The molecule has 0 radical (unpaired) electrons. The van der Waals surface area contributed by atoms with E-state index in [-0.39, 0.29) is 0 Å². The van der Waals surface area contributed by atoms with Crippen molar-refractivity contribution < 1.29 is 0 Å². The Morgan fingerprint density at radius 1 is 1.12 bits per heavy atom. The fourth-order valence-electron chi connectivity index (χ4n) is 3.01. The number of nitrogens with one attached hydrogen (secondary N) is 1. The van der Waals surface area contributed by atoms with Gasteiger partial charge in [0, 0.05) is 11.1 Å². The third kappa shape index (κ3) is 1.87. The van der Waals surface area contributed by atoms with Crippen LogP contribution in [0.15, 0.2) is 12.1 Å². The molecule has 1 fully saturated rings. The molecule has 2 aliphatic rings. The maximum atomic E-state index is 6.40. The monoisotopic (exact) mass is 235 g/mol. The molecule has 1 N–H and O–H groups in total. The molecule has 1 heterocycles. The molecule has 1 saturated heterocycles. The molecule has 1 aliphatic heterocycles. The maximum absolute atomic E-state index is 6.40. The van der Waals surface area contributed by atoms with Crippen LogP contribution in [0.5, 0.6) is 0 Å². The van der Waals surface area contributed by atoms with Gasteiger partial charge < -0.3 is 5.32 Å². The first-order chi connectivity index (χ1) is 7.84. The first-order valence-corrected chi connectivity index (χ1v) is 6.77. The molecule has 0 saturated carbocycles. The van der Waals surface area contributed by atoms with Gasteiger partial charge in [0.2, 0.25) is 0 Å². The molecule has 1 atom stereocenters. The van der Waals surface area contributed by atoms with Crippen molar-refractivity contribution in [1.29, 1.82) is 0 Å². The summed E-state index contributed by atoms with van der Waals surface area (Å²) in [7, 11) is 0. The minimum Gasteiger partial charge on any atom is -0.310 e. The molecular formula is C14H18ClN. The number of hydrogen-bond acceptors (Lipinski definition) is 1. The van der Waals surface area contributed by atoms with E-state index in [4.69, 9.17) is 11.6 Å². The van der Waals surface area contributed by atoms with Crippen LogP contribution in [0.4, 0.5) is 0 Å². The lowest BCUT2D eigenvalue weighted by Gasteiger charge is -2.20. The van der Waals surface area contributed by atoms with Crippen molar-refractivity contribution in [2.24, 2.45) is 0 Å². The second-order valence-corrected chi connectivity index (χ2v) is 5.40. The van der Waals surface area contributed by atoms with Crippen molar-refractivity contribution in [3.05, 3.63) is 33.8 Å². The Kier molecular flexibility index (Phi) is 2.91. The largest absolute Gasteiger partial charge is 0.310 e. The van der Waals surface area contributed by atoms with Crippen LogP contribution >= 0.6 is 11.6 Å². The zero-order valence-electron chi connectivity index (χ0n) is 9.56. The maximum Gasteiger partial charge on any atom is 0.0444 e. The van der Waals surface area contributed by atoms with Gasteiger partial charge in [-0.15, -0.1) is 0 Å². The van der Waals surface area contributed by atoms with Gasteiger partial charge >= 0.3 is 0 Å². The molecule has 0 bridgehead atoms. The Morgan fingerprint density at radius 2 is 2.00 bits per heavy atom. The summed E-state index contributed by atoms with van der Waals surface area (Å²) < 4.78 is 0. The van der Waals surface area contributed by atoms with Crippen molar-refractivity contribution in [1.82, 2.24) is 5.32 Å². The van der Waals surface area contributed by atoms with E-state index >= 15 is 0 Å². The zero-order chi connectivity index (χ0) is 11.0. The van der Waals surface area contributed by atoms with Gasteiger partial charge in [-0.2, -0.15) is 0 Å². The van der Waals surface area contributed by atoms with E-state index in [0.29, 0.717) is 6.04 Å². The van der Waals surface area contributed by atoms with Gasteiger partial charge in [0.15, 0.2) is 0 Å². The van der Waals surface area contributed by atoms with E-state index < -0.39 is 0 Å². The highest BCUT2D eigenvalue weighted by Gasteiger charge is 2.20. The van der Waals surface area contributed by atoms with Crippen LogP contribution in [-0.2, 0) is 12.8 Å². The minimum absolute atomic E-state index is 0.546. The first kappa shape index (κ1) is 10.6. The predicted octanol–water partition coefficient (Wildman–Crippen LogP) is 3.64. The smallest absolute Gasteiger partial charge is 0.0444 e. The summed E-state index contributed by atoms with van der Waals surface area (Å²) in [6.07, 6.45) is 7.56. The van der Waals surface area contributed by atoms with Gasteiger partial charge in [0.25, 0.3) is 0 Å². The molecule has 16 heavy (non-hydrogen) atoms. The highest BCUT2D eigenvalue weighted by Crippen LogP contribution is 2.33. The first-order valence-electron chi connectivity index (χ1n) is 6.39. The fourth-order valence-corrected chi connectivity index (χ4v) is 3.35. The van der Waals surface area contributed by atoms with E-state index in [1.165, 1.54) is 55.2 Å². The molecule has 0 spiro atoms. The summed E-state index contributed by atoms with van der Waals surface area (Å²) in [4.78, 5) is 0. The molecule has 0 amide bonds. The van der Waals surface area contributed by atoms with Crippen LogP contribution in [0.3, 0.4) is 0 Å². The highest BCUT2D eigenvalue weighted by atomic mass is 35.5. The van der Waals surface area contributed by atoms with Crippen molar-refractivity contribution >= 4 is 11.6 Å². The van der Waals surface area contributed by atoms with Crippen molar-refractivity contribution in [2.45, 2.75) is 44.6 Å². The Hall–Kier alpha value is -0.530. The van der Waals surface area contributed by atoms with Crippen LogP contribution in [0, 0.1) is 0 Å². The highest BCUT2D eigenvalue weighted by molar-refractivity contribution is 6.31. The molecule has 1 aliphatic carbocycles. The lowest BCUT2D eigenvalue weighted by Crippen LogP contribution is -2.14. The third-order valence-corrected chi connectivity index (χ3v) is 4.23.